The Morgan fingerprint density at radius 2 is 1.76 bits per heavy atom. The lowest BCUT2D eigenvalue weighted by Crippen LogP contribution is -2.37. The fourth-order valence-electron chi connectivity index (χ4n) is 2.94. The van der Waals surface area contributed by atoms with Gasteiger partial charge in [-0.2, -0.15) is 0 Å². The fourth-order valence-corrected chi connectivity index (χ4v) is 2.94. The van der Waals surface area contributed by atoms with E-state index in [0.717, 1.165) is 38.7 Å². The highest BCUT2D eigenvalue weighted by atomic mass is 16.7. The van der Waals surface area contributed by atoms with Crippen molar-refractivity contribution in [3.05, 3.63) is 0 Å². The highest BCUT2D eigenvalue weighted by Crippen LogP contribution is 2.34. The third-order valence-corrected chi connectivity index (χ3v) is 4.16. The second-order valence-corrected chi connectivity index (χ2v) is 6.06. The van der Waals surface area contributed by atoms with Gasteiger partial charge in [-0.25, -0.2) is 0 Å². The minimum atomic E-state index is -0.535. The molecule has 1 saturated heterocycles. The van der Waals surface area contributed by atoms with Gasteiger partial charge in [0, 0.05) is 6.61 Å². The summed E-state index contributed by atoms with van der Waals surface area (Å²) in [5, 5.41) is 9.98. The first-order valence-corrected chi connectivity index (χ1v) is 7.05. The van der Waals surface area contributed by atoms with Crippen molar-refractivity contribution < 1.29 is 14.6 Å². The number of ether oxygens (including phenoxy) is 2. The first-order chi connectivity index (χ1) is 8.05. The third kappa shape index (κ3) is 3.94. The Labute approximate surface area is 104 Å². The second-order valence-electron chi connectivity index (χ2n) is 6.06. The van der Waals surface area contributed by atoms with Crippen LogP contribution in [0.15, 0.2) is 0 Å². The Hall–Kier alpha value is -0.120. The van der Waals surface area contributed by atoms with Crippen LogP contribution < -0.4 is 0 Å². The van der Waals surface area contributed by atoms with Gasteiger partial charge in [-0.05, 0) is 64.7 Å². The molecule has 1 unspecified atom stereocenters. The van der Waals surface area contributed by atoms with Crippen LogP contribution in [0.5, 0.6) is 0 Å². The smallest absolute Gasteiger partial charge is 0.157 e. The lowest BCUT2D eigenvalue weighted by atomic mass is 9.78. The van der Waals surface area contributed by atoms with Crippen LogP contribution in [0.1, 0.15) is 58.8 Å². The van der Waals surface area contributed by atoms with Crippen molar-refractivity contribution in [2.75, 3.05) is 6.61 Å². The van der Waals surface area contributed by atoms with Crippen LogP contribution in [0.3, 0.4) is 0 Å². The van der Waals surface area contributed by atoms with E-state index in [-0.39, 0.29) is 6.29 Å². The standard InChI is InChI=1S/C14H26O3/c1-14(2,15)11-6-8-12(9-7-11)17-13-5-3-4-10-16-13/h11-13,15H,3-10H2,1-2H3/t11-,12-,13?. The SMILES string of the molecule is CC(C)(O)[C@H]1CC[C@H](OC2CCCCO2)CC1. The molecule has 2 fully saturated rings. The third-order valence-electron chi connectivity index (χ3n) is 4.16. The Balaban J connectivity index is 1.71. The second kappa shape index (κ2) is 5.68. The molecule has 0 aromatic rings. The van der Waals surface area contributed by atoms with Crippen LogP contribution >= 0.6 is 0 Å². The summed E-state index contributed by atoms with van der Waals surface area (Å²) in [6.07, 6.45) is 8.09. The number of hydrogen-bond donors (Lipinski definition) is 1. The first kappa shape index (κ1) is 13.3. The molecule has 3 nitrogen and oxygen atoms in total. The summed E-state index contributed by atoms with van der Waals surface area (Å²) in [5.74, 6) is 0.426. The average Bonchev–Trinajstić information content (AvgIpc) is 2.30. The van der Waals surface area contributed by atoms with Gasteiger partial charge in [-0.1, -0.05) is 0 Å². The van der Waals surface area contributed by atoms with Crippen molar-refractivity contribution in [3.63, 3.8) is 0 Å². The molecule has 1 heterocycles. The molecule has 2 aliphatic rings. The zero-order valence-electron chi connectivity index (χ0n) is 11.2. The zero-order chi connectivity index (χ0) is 12.3. The van der Waals surface area contributed by atoms with Gasteiger partial charge in [-0.3, -0.25) is 0 Å². The normalized spacial score (nSPS) is 35.8. The Kier molecular flexibility index (Phi) is 4.45. The Bertz CT molecular complexity index is 220. The van der Waals surface area contributed by atoms with E-state index >= 15 is 0 Å². The van der Waals surface area contributed by atoms with E-state index in [0.29, 0.717) is 12.0 Å². The lowest BCUT2D eigenvalue weighted by Gasteiger charge is -2.37. The van der Waals surface area contributed by atoms with Crippen LogP contribution in [0.25, 0.3) is 0 Å². The Morgan fingerprint density at radius 3 is 2.29 bits per heavy atom. The van der Waals surface area contributed by atoms with Crippen molar-refractivity contribution in [1.82, 2.24) is 0 Å². The number of hydrogen-bond acceptors (Lipinski definition) is 3. The van der Waals surface area contributed by atoms with Gasteiger partial charge >= 0.3 is 0 Å². The molecule has 3 heteroatoms. The first-order valence-electron chi connectivity index (χ1n) is 7.05. The van der Waals surface area contributed by atoms with E-state index in [1.54, 1.807) is 0 Å². The Morgan fingerprint density at radius 1 is 1.06 bits per heavy atom. The number of rotatable bonds is 3. The molecule has 0 amide bonds. The molecule has 17 heavy (non-hydrogen) atoms. The highest BCUT2D eigenvalue weighted by molar-refractivity contribution is 4.83. The van der Waals surface area contributed by atoms with Crippen LogP contribution in [0.4, 0.5) is 0 Å². The van der Waals surface area contributed by atoms with Crippen molar-refractivity contribution in [3.8, 4) is 0 Å². The van der Waals surface area contributed by atoms with Crippen molar-refractivity contribution in [2.24, 2.45) is 5.92 Å². The molecule has 0 bridgehead atoms. The van der Waals surface area contributed by atoms with E-state index in [4.69, 9.17) is 9.47 Å². The topological polar surface area (TPSA) is 38.7 Å². The molecule has 100 valence electrons. The molecule has 0 aromatic heterocycles. The van der Waals surface area contributed by atoms with Crippen LogP contribution in [-0.4, -0.2) is 29.7 Å². The summed E-state index contributed by atoms with van der Waals surface area (Å²) < 4.78 is 11.6. The molecule has 0 aromatic carbocycles. The van der Waals surface area contributed by atoms with Gasteiger partial charge in [0.2, 0.25) is 0 Å². The molecule has 2 rings (SSSR count). The molecular weight excluding hydrogens is 216 g/mol. The van der Waals surface area contributed by atoms with Gasteiger partial charge < -0.3 is 14.6 Å². The van der Waals surface area contributed by atoms with E-state index in [9.17, 15) is 5.11 Å². The summed E-state index contributed by atoms with van der Waals surface area (Å²) in [6, 6.07) is 0. The van der Waals surface area contributed by atoms with Gasteiger partial charge in [0.05, 0.1) is 11.7 Å². The quantitative estimate of drug-likeness (QED) is 0.827. The predicted octanol–water partition coefficient (Wildman–Crippen LogP) is 2.86. The van der Waals surface area contributed by atoms with Gasteiger partial charge in [-0.15, -0.1) is 0 Å². The van der Waals surface area contributed by atoms with Crippen molar-refractivity contribution in [2.45, 2.75) is 76.8 Å². The van der Waals surface area contributed by atoms with Crippen LogP contribution in [0, 0.1) is 5.92 Å². The van der Waals surface area contributed by atoms with Crippen molar-refractivity contribution >= 4 is 0 Å². The van der Waals surface area contributed by atoms with Crippen molar-refractivity contribution in [1.29, 1.82) is 0 Å². The van der Waals surface area contributed by atoms with E-state index in [2.05, 4.69) is 0 Å². The largest absolute Gasteiger partial charge is 0.390 e. The molecule has 0 radical (unpaired) electrons. The molecular formula is C14H26O3. The van der Waals surface area contributed by atoms with Crippen LogP contribution in [0.2, 0.25) is 0 Å². The lowest BCUT2D eigenvalue weighted by molar-refractivity contribution is -0.197. The molecule has 1 aliphatic carbocycles. The minimum absolute atomic E-state index is 0.0347. The molecule has 1 saturated carbocycles. The molecule has 1 atom stereocenters. The summed E-state index contributed by atoms with van der Waals surface area (Å²) in [6.45, 7) is 4.69. The molecule has 1 aliphatic heterocycles. The highest BCUT2D eigenvalue weighted by Gasteiger charge is 2.32. The fraction of sp³-hybridized carbons (Fsp3) is 1.00. The predicted molar refractivity (Wildman–Crippen MR) is 66.7 cm³/mol. The maximum absolute atomic E-state index is 9.98. The van der Waals surface area contributed by atoms with Gasteiger partial charge in [0.15, 0.2) is 6.29 Å². The van der Waals surface area contributed by atoms with Gasteiger partial charge in [0.1, 0.15) is 0 Å². The van der Waals surface area contributed by atoms with E-state index in [1.807, 2.05) is 13.8 Å². The molecule has 1 N–H and O–H groups in total. The summed E-state index contributed by atoms with van der Waals surface area (Å²) in [5.41, 5.74) is -0.535. The molecule has 0 spiro atoms. The summed E-state index contributed by atoms with van der Waals surface area (Å²) >= 11 is 0. The monoisotopic (exact) mass is 242 g/mol. The minimum Gasteiger partial charge on any atom is -0.390 e. The summed E-state index contributed by atoms with van der Waals surface area (Å²) in [4.78, 5) is 0. The maximum atomic E-state index is 9.98. The van der Waals surface area contributed by atoms with E-state index in [1.165, 1.54) is 12.8 Å². The van der Waals surface area contributed by atoms with Crippen LogP contribution in [-0.2, 0) is 9.47 Å². The maximum Gasteiger partial charge on any atom is 0.157 e. The van der Waals surface area contributed by atoms with E-state index < -0.39 is 5.60 Å². The summed E-state index contributed by atoms with van der Waals surface area (Å²) in [7, 11) is 0. The van der Waals surface area contributed by atoms with Gasteiger partial charge in [0.25, 0.3) is 0 Å². The number of aliphatic hydroxyl groups is 1. The average molecular weight is 242 g/mol. The zero-order valence-corrected chi connectivity index (χ0v) is 11.2.